The molecule has 2 heterocycles. The molecule has 1 aliphatic heterocycles. The Hall–Kier alpha value is -2.24. The molecule has 3 amide bonds. The van der Waals surface area contributed by atoms with E-state index in [1.807, 2.05) is 32.0 Å². The number of rotatable bonds is 3. The van der Waals surface area contributed by atoms with Crippen LogP contribution in [0.2, 0.25) is 10.0 Å². The molecule has 1 aliphatic carbocycles. The number of hydrogen-bond acceptors (Lipinski definition) is 2. The van der Waals surface area contributed by atoms with Crippen molar-refractivity contribution in [3.63, 3.8) is 0 Å². The van der Waals surface area contributed by atoms with Gasteiger partial charge < -0.3 is 9.88 Å². The number of hydrogen-bond donors (Lipinski definition) is 1. The van der Waals surface area contributed by atoms with E-state index < -0.39 is 0 Å². The number of imide groups is 1. The summed E-state index contributed by atoms with van der Waals surface area (Å²) in [5.74, 6) is -0.235. The number of nitrogens with one attached hydrogen (secondary N) is 1. The van der Waals surface area contributed by atoms with Crippen molar-refractivity contribution < 1.29 is 9.59 Å². The highest BCUT2D eigenvalue weighted by Gasteiger charge is 2.39. The maximum atomic E-state index is 12.9. The van der Waals surface area contributed by atoms with Crippen LogP contribution in [0.15, 0.2) is 30.0 Å². The van der Waals surface area contributed by atoms with E-state index in [4.69, 9.17) is 23.2 Å². The minimum Gasteiger partial charge on any atom is -0.318 e. The van der Waals surface area contributed by atoms with Crippen LogP contribution in [0.1, 0.15) is 49.1 Å². The van der Waals surface area contributed by atoms with E-state index in [1.54, 1.807) is 12.1 Å². The zero-order valence-corrected chi connectivity index (χ0v) is 18.0. The second-order valence-corrected chi connectivity index (χ2v) is 8.53. The molecule has 1 aromatic carbocycles. The predicted molar refractivity (Wildman–Crippen MR) is 115 cm³/mol. The molecule has 0 radical (unpaired) electrons. The zero-order chi connectivity index (χ0) is 20.7. The average Bonchev–Trinajstić information content (AvgIpc) is 3.13. The Bertz CT molecular complexity index is 1020. The van der Waals surface area contributed by atoms with E-state index in [-0.39, 0.29) is 18.0 Å². The van der Waals surface area contributed by atoms with Crippen LogP contribution in [0, 0.1) is 13.8 Å². The van der Waals surface area contributed by atoms with Crippen molar-refractivity contribution in [2.45, 2.75) is 52.0 Å². The lowest BCUT2D eigenvalue weighted by atomic mass is 9.94. The average molecular weight is 432 g/mol. The molecule has 2 fully saturated rings. The van der Waals surface area contributed by atoms with Gasteiger partial charge in [0.15, 0.2) is 0 Å². The first kappa shape index (κ1) is 20.0. The van der Waals surface area contributed by atoms with Crippen molar-refractivity contribution >= 4 is 41.2 Å². The number of aryl methyl sites for hydroxylation is 1. The van der Waals surface area contributed by atoms with Gasteiger partial charge in [-0.25, -0.2) is 4.79 Å². The van der Waals surface area contributed by atoms with Gasteiger partial charge in [-0.05, 0) is 62.6 Å². The highest BCUT2D eigenvalue weighted by molar-refractivity contribution is 6.42. The molecule has 4 rings (SSSR count). The van der Waals surface area contributed by atoms with Crippen LogP contribution in [0.4, 0.5) is 4.79 Å². The second-order valence-electron chi connectivity index (χ2n) is 7.72. The van der Waals surface area contributed by atoms with Gasteiger partial charge in [0.05, 0.1) is 10.0 Å². The third-order valence-corrected chi connectivity index (χ3v) is 6.52. The Kier molecular flexibility index (Phi) is 5.45. The Morgan fingerprint density at radius 1 is 1.03 bits per heavy atom. The van der Waals surface area contributed by atoms with Crippen molar-refractivity contribution in [3.05, 3.63) is 57.0 Å². The van der Waals surface area contributed by atoms with Crippen LogP contribution in [0.25, 0.3) is 11.8 Å². The number of carbonyl (C=O) groups is 2. The first-order valence-electron chi connectivity index (χ1n) is 9.87. The van der Waals surface area contributed by atoms with Crippen LogP contribution in [-0.4, -0.2) is 27.4 Å². The maximum Gasteiger partial charge on any atom is 0.329 e. The lowest BCUT2D eigenvalue weighted by molar-refractivity contribution is -0.124. The van der Waals surface area contributed by atoms with E-state index in [0.717, 1.165) is 48.3 Å². The number of nitrogens with zero attached hydrogens (tertiary/aromatic N) is 2. The summed E-state index contributed by atoms with van der Waals surface area (Å²) in [4.78, 5) is 26.8. The van der Waals surface area contributed by atoms with Gasteiger partial charge in [0.2, 0.25) is 0 Å². The van der Waals surface area contributed by atoms with Crippen LogP contribution in [0.5, 0.6) is 0 Å². The quantitative estimate of drug-likeness (QED) is 0.505. The molecule has 29 heavy (non-hydrogen) atoms. The first-order chi connectivity index (χ1) is 13.9. The number of benzene rings is 1. The van der Waals surface area contributed by atoms with Crippen molar-refractivity contribution in [2.24, 2.45) is 0 Å². The fourth-order valence-corrected chi connectivity index (χ4v) is 4.62. The second kappa shape index (κ2) is 7.88. The molecule has 5 nitrogen and oxygen atoms in total. The molecule has 1 N–H and O–H groups in total. The molecule has 1 saturated heterocycles. The monoisotopic (exact) mass is 431 g/mol. The molecular formula is C22H23Cl2N3O2. The number of urea groups is 1. The van der Waals surface area contributed by atoms with Gasteiger partial charge in [-0.3, -0.25) is 9.69 Å². The van der Waals surface area contributed by atoms with Gasteiger partial charge >= 0.3 is 6.03 Å². The molecule has 0 spiro atoms. The molecule has 0 bridgehead atoms. The molecule has 2 aromatic rings. The molecule has 2 aliphatic rings. The van der Waals surface area contributed by atoms with Crippen molar-refractivity contribution in [1.29, 1.82) is 0 Å². The Balaban J connectivity index is 1.66. The Morgan fingerprint density at radius 2 is 1.76 bits per heavy atom. The van der Waals surface area contributed by atoms with Gasteiger partial charge in [0.1, 0.15) is 5.70 Å². The summed E-state index contributed by atoms with van der Waals surface area (Å²) in [6.45, 7) is 3.96. The topological polar surface area (TPSA) is 54.3 Å². The van der Waals surface area contributed by atoms with Crippen LogP contribution >= 0.6 is 23.2 Å². The third kappa shape index (κ3) is 3.69. The van der Waals surface area contributed by atoms with E-state index in [9.17, 15) is 9.59 Å². The number of halogens is 2. The van der Waals surface area contributed by atoms with E-state index in [2.05, 4.69) is 9.88 Å². The largest absolute Gasteiger partial charge is 0.329 e. The maximum absolute atomic E-state index is 12.9. The molecule has 1 aromatic heterocycles. The van der Waals surface area contributed by atoms with Crippen molar-refractivity contribution in [2.75, 3.05) is 0 Å². The Morgan fingerprint density at radius 3 is 2.45 bits per heavy atom. The van der Waals surface area contributed by atoms with Gasteiger partial charge in [-0.1, -0.05) is 42.5 Å². The van der Waals surface area contributed by atoms with Gasteiger partial charge in [0.25, 0.3) is 5.91 Å². The first-order valence-corrected chi connectivity index (χ1v) is 10.6. The number of carbonyl (C=O) groups excluding carboxylic acids is 2. The Labute approximate surface area is 180 Å². The minimum atomic E-state index is -0.313. The summed E-state index contributed by atoms with van der Waals surface area (Å²) in [6.07, 6.45) is 6.83. The summed E-state index contributed by atoms with van der Waals surface area (Å²) < 4.78 is 2.05. The summed E-state index contributed by atoms with van der Waals surface area (Å²) >= 11 is 12.2. The van der Waals surface area contributed by atoms with E-state index >= 15 is 0 Å². The van der Waals surface area contributed by atoms with Gasteiger partial charge in [-0.15, -0.1) is 0 Å². The predicted octanol–water partition coefficient (Wildman–Crippen LogP) is 5.63. The smallest absolute Gasteiger partial charge is 0.318 e. The lowest BCUT2D eigenvalue weighted by Crippen LogP contribution is -2.41. The number of amides is 3. The highest BCUT2D eigenvalue weighted by atomic mass is 35.5. The fourth-order valence-electron chi connectivity index (χ4n) is 4.33. The highest BCUT2D eigenvalue weighted by Crippen LogP contribution is 2.30. The summed E-state index contributed by atoms with van der Waals surface area (Å²) in [5.41, 5.74) is 4.04. The summed E-state index contributed by atoms with van der Waals surface area (Å²) in [6, 6.07) is 7.16. The van der Waals surface area contributed by atoms with Crippen LogP contribution < -0.4 is 5.32 Å². The molecule has 7 heteroatoms. The molecule has 1 saturated carbocycles. The molecule has 0 unspecified atom stereocenters. The lowest BCUT2D eigenvalue weighted by Gasteiger charge is -2.28. The SMILES string of the molecule is Cc1cc(/C=C2\NC(=O)N(C3CCCCC3)C2=O)c(C)n1-c1ccc(Cl)c(Cl)c1. The summed E-state index contributed by atoms with van der Waals surface area (Å²) in [5, 5.41) is 3.75. The number of aromatic nitrogens is 1. The van der Waals surface area contributed by atoms with Crippen molar-refractivity contribution in [3.8, 4) is 5.69 Å². The minimum absolute atomic E-state index is 0.00536. The van der Waals surface area contributed by atoms with E-state index in [1.165, 1.54) is 11.3 Å². The van der Waals surface area contributed by atoms with E-state index in [0.29, 0.717) is 15.7 Å². The molecule has 152 valence electrons. The summed E-state index contributed by atoms with van der Waals surface area (Å²) in [7, 11) is 0. The molecule has 0 atom stereocenters. The molecular weight excluding hydrogens is 409 g/mol. The normalized spacial score (nSPS) is 19.3. The fraction of sp³-hybridized carbons (Fsp3) is 0.364. The standard InChI is InChI=1S/C22H23Cl2N3O2/c1-13-10-15(14(2)26(13)17-8-9-18(23)19(24)12-17)11-20-21(28)27(22(29)25-20)16-6-4-3-5-7-16/h8-12,16H,3-7H2,1-2H3,(H,25,29)/b20-11-. The van der Waals surface area contributed by atoms with Gasteiger partial charge in [0, 0.05) is 23.1 Å². The van der Waals surface area contributed by atoms with Crippen LogP contribution in [0.3, 0.4) is 0 Å². The zero-order valence-electron chi connectivity index (χ0n) is 16.5. The van der Waals surface area contributed by atoms with Gasteiger partial charge in [-0.2, -0.15) is 0 Å². The van der Waals surface area contributed by atoms with Crippen molar-refractivity contribution in [1.82, 2.24) is 14.8 Å². The van der Waals surface area contributed by atoms with Crippen LogP contribution in [-0.2, 0) is 4.79 Å². The third-order valence-electron chi connectivity index (χ3n) is 5.78.